The van der Waals surface area contributed by atoms with Gasteiger partial charge < -0.3 is 11.1 Å². The fourth-order valence-corrected chi connectivity index (χ4v) is 2.32. The van der Waals surface area contributed by atoms with E-state index in [1.165, 1.54) is 14.1 Å². The highest BCUT2D eigenvalue weighted by Gasteiger charge is 2.15. The number of carbonyl (C=O) groups is 1. The molecule has 0 aliphatic rings. The standard InChI is InChI=1S/C13H21N3O3S/c1-16(2)20(18,19)9-8-15-13(17)10-12(14)11-6-4-3-5-7-11/h3-7,12H,8-10,14H2,1-2H3,(H,15,17). The van der Waals surface area contributed by atoms with Crippen LogP contribution in [0.25, 0.3) is 0 Å². The van der Waals surface area contributed by atoms with Gasteiger partial charge in [-0.2, -0.15) is 0 Å². The Hall–Kier alpha value is -1.44. The van der Waals surface area contributed by atoms with Crippen molar-refractivity contribution in [3.63, 3.8) is 0 Å². The first-order chi connectivity index (χ1) is 9.33. The Morgan fingerprint density at radius 2 is 1.90 bits per heavy atom. The molecule has 1 aromatic carbocycles. The predicted octanol–water partition coefficient (Wildman–Crippen LogP) is 0.0841. The van der Waals surface area contributed by atoms with Crippen LogP contribution in [-0.2, 0) is 14.8 Å². The van der Waals surface area contributed by atoms with E-state index >= 15 is 0 Å². The molecule has 0 spiro atoms. The summed E-state index contributed by atoms with van der Waals surface area (Å²) in [6.07, 6.45) is 0.131. The van der Waals surface area contributed by atoms with E-state index in [0.717, 1.165) is 9.87 Å². The minimum absolute atomic E-state index is 0.0842. The maximum Gasteiger partial charge on any atom is 0.221 e. The van der Waals surface area contributed by atoms with Crippen molar-refractivity contribution in [2.24, 2.45) is 5.73 Å². The normalized spacial score (nSPS) is 13.2. The van der Waals surface area contributed by atoms with Crippen molar-refractivity contribution in [3.8, 4) is 0 Å². The molecule has 0 heterocycles. The molecule has 1 rings (SSSR count). The van der Waals surface area contributed by atoms with Crippen LogP contribution in [-0.4, -0.2) is 45.0 Å². The van der Waals surface area contributed by atoms with Crippen LogP contribution in [0.5, 0.6) is 0 Å². The highest BCUT2D eigenvalue weighted by Crippen LogP contribution is 2.12. The van der Waals surface area contributed by atoms with Gasteiger partial charge in [0.25, 0.3) is 0 Å². The summed E-state index contributed by atoms with van der Waals surface area (Å²) in [6.45, 7) is 0.0842. The minimum atomic E-state index is -3.29. The zero-order chi connectivity index (χ0) is 15.2. The van der Waals surface area contributed by atoms with E-state index < -0.39 is 10.0 Å². The van der Waals surface area contributed by atoms with Crippen molar-refractivity contribution in [3.05, 3.63) is 35.9 Å². The Balaban J connectivity index is 2.38. The molecule has 0 saturated heterocycles. The molecule has 0 radical (unpaired) electrons. The maximum absolute atomic E-state index is 11.7. The summed E-state index contributed by atoms with van der Waals surface area (Å²) in [7, 11) is -0.366. The van der Waals surface area contributed by atoms with E-state index in [1.54, 1.807) is 0 Å². The van der Waals surface area contributed by atoms with E-state index in [1.807, 2.05) is 30.3 Å². The molecule has 6 nitrogen and oxygen atoms in total. The third-order valence-electron chi connectivity index (χ3n) is 2.87. The highest BCUT2D eigenvalue weighted by molar-refractivity contribution is 7.89. The second kappa shape index (κ2) is 7.37. The van der Waals surface area contributed by atoms with E-state index in [4.69, 9.17) is 5.73 Å². The lowest BCUT2D eigenvalue weighted by Crippen LogP contribution is -2.35. The van der Waals surface area contributed by atoms with E-state index in [9.17, 15) is 13.2 Å². The first kappa shape index (κ1) is 16.6. The number of carbonyl (C=O) groups excluding carboxylic acids is 1. The summed E-state index contributed by atoms with van der Waals surface area (Å²) in [6, 6.07) is 8.92. The molecule has 1 aromatic rings. The Kier molecular flexibility index (Phi) is 6.12. The third-order valence-corrected chi connectivity index (χ3v) is 4.70. The molecule has 0 aromatic heterocycles. The Morgan fingerprint density at radius 1 is 1.30 bits per heavy atom. The monoisotopic (exact) mass is 299 g/mol. The first-order valence-electron chi connectivity index (χ1n) is 6.30. The number of nitrogens with zero attached hydrogens (tertiary/aromatic N) is 1. The van der Waals surface area contributed by atoms with Crippen LogP contribution in [0.1, 0.15) is 18.0 Å². The molecular formula is C13H21N3O3S. The Labute approximate surface area is 120 Å². The van der Waals surface area contributed by atoms with Crippen molar-refractivity contribution in [2.75, 3.05) is 26.4 Å². The van der Waals surface area contributed by atoms with Gasteiger partial charge in [-0.25, -0.2) is 12.7 Å². The zero-order valence-electron chi connectivity index (χ0n) is 11.7. The van der Waals surface area contributed by atoms with Crippen LogP contribution in [0.3, 0.4) is 0 Å². The number of amides is 1. The lowest BCUT2D eigenvalue weighted by molar-refractivity contribution is -0.121. The van der Waals surface area contributed by atoms with Crippen LogP contribution in [0.15, 0.2) is 30.3 Å². The molecule has 0 bridgehead atoms. The van der Waals surface area contributed by atoms with Gasteiger partial charge in [-0.05, 0) is 5.56 Å². The molecule has 0 fully saturated rings. The highest BCUT2D eigenvalue weighted by atomic mass is 32.2. The number of sulfonamides is 1. The fraction of sp³-hybridized carbons (Fsp3) is 0.462. The second-order valence-corrected chi connectivity index (χ2v) is 6.97. The van der Waals surface area contributed by atoms with Crippen LogP contribution < -0.4 is 11.1 Å². The number of hydrogen-bond donors (Lipinski definition) is 2. The number of rotatable bonds is 7. The van der Waals surface area contributed by atoms with Crippen molar-refractivity contribution in [1.82, 2.24) is 9.62 Å². The van der Waals surface area contributed by atoms with Gasteiger partial charge in [0.2, 0.25) is 15.9 Å². The molecule has 1 amide bonds. The number of hydrogen-bond acceptors (Lipinski definition) is 4. The lowest BCUT2D eigenvalue weighted by Gasteiger charge is -2.13. The summed E-state index contributed by atoms with van der Waals surface area (Å²) in [5, 5.41) is 2.57. The van der Waals surface area contributed by atoms with Crippen LogP contribution in [0.2, 0.25) is 0 Å². The van der Waals surface area contributed by atoms with Gasteiger partial charge >= 0.3 is 0 Å². The Bertz CT molecular complexity index is 529. The molecule has 20 heavy (non-hydrogen) atoms. The van der Waals surface area contributed by atoms with Gasteiger partial charge in [0.15, 0.2) is 0 Å². The first-order valence-corrected chi connectivity index (χ1v) is 7.91. The molecule has 0 aliphatic carbocycles. The molecule has 1 unspecified atom stereocenters. The average Bonchev–Trinajstić information content (AvgIpc) is 2.39. The quantitative estimate of drug-likeness (QED) is 0.746. The van der Waals surface area contributed by atoms with Crippen LogP contribution >= 0.6 is 0 Å². The van der Waals surface area contributed by atoms with Gasteiger partial charge in [-0.15, -0.1) is 0 Å². The maximum atomic E-state index is 11.7. The second-order valence-electron chi connectivity index (χ2n) is 4.67. The van der Waals surface area contributed by atoms with Gasteiger partial charge in [-0.1, -0.05) is 30.3 Å². The Morgan fingerprint density at radius 3 is 2.45 bits per heavy atom. The average molecular weight is 299 g/mol. The fourth-order valence-electron chi connectivity index (χ4n) is 1.59. The van der Waals surface area contributed by atoms with Crippen molar-refractivity contribution in [1.29, 1.82) is 0 Å². The lowest BCUT2D eigenvalue weighted by atomic mass is 10.0. The van der Waals surface area contributed by atoms with Gasteiger partial charge in [-0.3, -0.25) is 4.79 Å². The summed E-state index contributed by atoms with van der Waals surface area (Å²) < 4.78 is 24.1. The molecule has 0 saturated carbocycles. The molecule has 3 N–H and O–H groups in total. The summed E-state index contributed by atoms with van der Waals surface area (Å²) >= 11 is 0. The van der Waals surface area contributed by atoms with Gasteiger partial charge in [0.1, 0.15) is 0 Å². The number of nitrogens with one attached hydrogen (secondary N) is 1. The van der Waals surface area contributed by atoms with Crippen LogP contribution in [0.4, 0.5) is 0 Å². The van der Waals surface area contributed by atoms with Crippen LogP contribution in [0, 0.1) is 0 Å². The zero-order valence-corrected chi connectivity index (χ0v) is 12.6. The minimum Gasteiger partial charge on any atom is -0.355 e. The summed E-state index contributed by atoms with van der Waals surface area (Å²) in [4.78, 5) is 11.7. The summed E-state index contributed by atoms with van der Waals surface area (Å²) in [5.41, 5.74) is 6.79. The smallest absolute Gasteiger partial charge is 0.221 e. The van der Waals surface area contributed by atoms with E-state index in [2.05, 4.69) is 5.32 Å². The topological polar surface area (TPSA) is 92.5 Å². The molecule has 1 atom stereocenters. The predicted molar refractivity (Wildman–Crippen MR) is 78.5 cm³/mol. The van der Waals surface area contributed by atoms with Gasteiger partial charge in [0, 0.05) is 33.1 Å². The molecule has 7 heteroatoms. The van der Waals surface area contributed by atoms with Crippen molar-refractivity contribution < 1.29 is 13.2 Å². The van der Waals surface area contributed by atoms with Gasteiger partial charge in [0.05, 0.1) is 5.75 Å². The van der Waals surface area contributed by atoms with E-state index in [0.29, 0.717) is 0 Å². The SMILES string of the molecule is CN(C)S(=O)(=O)CCNC(=O)CC(N)c1ccccc1. The summed E-state index contributed by atoms with van der Waals surface area (Å²) in [5.74, 6) is -0.373. The largest absolute Gasteiger partial charge is 0.355 e. The van der Waals surface area contributed by atoms with E-state index in [-0.39, 0.29) is 30.7 Å². The van der Waals surface area contributed by atoms with Crippen molar-refractivity contribution in [2.45, 2.75) is 12.5 Å². The third kappa shape index (κ3) is 5.28. The number of nitrogens with two attached hydrogens (primary N) is 1. The molecule has 112 valence electrons. The number of benzene rings is 1. The van der Waals surface area contributed by atoms with Crippen molar-refractivity contribution >= 4 is 15.9 Å². The molecule has 0 aliphatic heterocycles. The molecular weight excluding hydrogens is 278 g/mol.